The molecule has 100 valence electrons. The average Bonchev–Trinajstić information content (AvgIpc) is 2.56. The fraction of sp³-hybridized carbons (Fsp3) is 0.700. The van der Waals surface area contributed by atoms with Crippen LogP contribution in [0.1, 0.15) is 19.3 Å². The van der Waals surface area contributed by atoms with Gasteiger partial charge in [-0.05, 0) is 6.42 Å². The Hall–Kier alpha value is -1.73. The van der Waals surface area contributed by atoms with Crippen molar-refractivity contribution < 1.29 is 13.7 Å². The van der Waals surface area contributed by atoms with Gasteiger partial charge in [0.1, 0.15) is 6.20 Å². The number of rotatable bonds is 2. The summed E-state index contributed by atoms with van der Waals surface area (Å²) >= 11 is 0. The monoisotopic (exact) mass is 260 g/mol. The van der Waals surface area contributed by atoms with Gasteiger partial charge < -0.3 is 4.90 Å². The van der Waals surface area contributed by atoms with Gasteiger partial charge in [0.25, 0.3) is 0 Å². The Labute approximate surface area is 102 Å². The number of hydrogen-bond donors (Lipinski definition) is 0. The van der Waals surface area contributed by atoms with E-state index in [1.165, 1.54) is 4.68 Å². The molecule has 0 aliphatic carbocycles. The summed E-state index contributed by atoms with van der Waals surface area (Å²) in [6, 6.07) is 0. The third kappa shape index (κ3) is 2.41. The molecule has 0 N–H and O–H groups in total. The third-order valence-corrected chi connectivity index (χ3v) is 3.10. The van der Waals surface area contributed by atoms with Crippen LogP contribution in [0.15, 0.2) is 6.20 Å². The Kier molecular flexibility index (Phi) is 3.18. The maximum absolute atomic E-state index is 13.3. The fourth-order valence-corrected chi connectivity index (χ4v) is 2.19. The van der Waals surface area contributed by atoms with Crippen molar-refractivity contribution in [1.29, 1.82) is 0 Å². The van der Waals surface area contributed by atoms with Crippen LogP contribution in [0.2, 0.25) is 0 Å². The van der Waals surface area contributed by atoms with E-state index in [0.29, 0.717) is 18.8 Å². The van der Waals surface area contributed by atoms with Crippen molar-refractivity contribution in [2.75, 3.05) is 18.0 Å². The van der Waals surface area contributed by atoms with Crippen LogP contribution in [0, 0.1) is 10.1 Å². The number of aromatic nitrogens is 2. The molecule has 0 radical (unpaired) electrons. The summed E-state index contributed by atoms with van der Waals surface area (Å²) in [6.45, 7) is 0.489. The minimum atomic E-state index is -2.68. The predicted molar refractivity (Wildman–Crippen MR) is 60.9 cm³/mol. The summed E-state index contributed by atoms with van der Waals surface area (Å²) in [5.41, 5.74) is -0.136. The molecule has 2 rings (SSSR count). The van der Waals surface area contributed by atoms with Crippen LogP contribution in [0.25, 0.3) is 0 Å². The van der Waals surface area contributed by atoms with Crippen molar-refractivity contribution >= 4 is 11.5 Å². The molecule has 1 aliphatic rings. The van der Waals surface area contributed by atoms with Crippen molar-refractivity contribution in [2.24, 2.45) is 7.05 Å². The van der Waals surface area contributed by atoms with Gasteiger partial charge in [-0.2, -0.15) is 5.10 Å². The first kappa shape index (κ1) is 12.7. The number of nitro groups is 1. The van der Waals surface area contributed by atoms with Crippen LogP contribution >= 0.6 is 0 Å². The standard InChI is InChI=1S/C10H14F2N4O2/c1-14-9(8(7-13-14)16(17)18)15-5-2-3-10(11,12)4-6-15/h7H,2-6H2,1H3. The first-order chi connectivity index (χ1) is 8.41. The first-order valence-electron chi connectivity index (χ1n) is 5.70. The highest BCUT2D eigenvalue weighted by Crippen LogP contribution is 2.33. The molecule has 0 aromatic carbocycles. The second-order valence-corrected chi connectivity index (χ2v) is 4.43. The Morgan fingerprint density at radius 3 is 2.83 bits per heavy atom. The molecule has 1 saturated heterocycles. The van der Waals surface area contributed by atoms with Crippen LogP contribution in [0.5, 0.6) is 0 Å². The zero-order chi connectivity index (χ0) is 13.3. The van der Waals surface area contributed by atoms with E-state index in [1.807, 2.05) is 0 Å². The number of hydrogen-bond acceptors (Lipinski definition) is 4. The SMILES string of the molecule is Cn1ncc([N+](=O)[O-])c1N1CCCC(F)(F)CC1. The lowest BCUT2D eigenvalue weighted by Gasteiger charge is -2.21. The molecule has 8 heteroatoms. The van der Waals surface area contributed by atoms with E-state index in [4.69, 9.17) is 0 Å². The van der Waals surface area contributed by atoms with Crippen molar-refractivity contribution in [2.45, 2.75) is 25.2 Å². The van der Waals surface area contributed by atoms with Gasteiger partial charge in [-0.3, -0.25) is 10.1 Å². The summed E-state index contributed by atoms with van der Waals surface area (Å²) in [5, 5.41) is 14.7. The van der Waals surface area contributed by atoms with Crippen LogP contribution in [0.3, 0.4) is 0 Å². The second kappa shape index (κ2) is 4.51. The molecular weight excluding hydrogens is 246 g/mol. The van der Waals surface area contributed by atoms with Gasteiger partial charge >= 0.3 is 5.69 Å². The molecule has 1 fully saturated rings. The Bertz CT molecular complexity index is 461. The summed E-state index contributed by atoms with van der Waals surface area (Å²) < 4.78 is 27.9. The lowest BCUT2D eigenvalue weighted by molar-refractivity contribution is -0.384. The first-order valence-corrected chi connectivity index (χ1v) is 5.70. The van der Waals surface area contributed by atoms with Crippen LogP contribution in [-0.2, 0) is 7.05 Å². The van der Waals surface area contributed by atoms with Crippen molar-refractivity contribution in [1.82, 2.24) is 9.78 Å². The number of alkyl halides is 2. The number of aryl methyl sites for hydroxylation is 1. The molecule has 0 amide bonds. The Balaban J connectivity index is 2.26. The lowest BCUT2D eigenvalue weighted by Crippen LogP contribution is -2.28. The maximum atomic E-state index is 13.3. The summed E-state index contributed by atoms with van der Waals surface area (Å²) in [4.78, 5) is 11.9. The minimum Gasteiger partial charge on any atom is -0.351 e. The summed E-state index contributed by atoms with van der Waals surface area (Å²) in [7, 11) is 1.57. The van der Waals surface area contributed by atoms with Gasteiger partial charge in [0, 0.05) is 33.0 Å². The normalized spacial score (nSPS) is 19.6. The molecule has 0 unspecified atom stereocenters. The zero-order valence-electron chi connectivity index (χ0n) is 9.97. The van der Waals surface area contributed by atoms with E-state index in [-0.39, 0.29) is 25.1 Å². The number of nitrogens with zero attached hydrogens (tertiary/aromatic N) is 4. The molecule has 6 nitrogen and oxygen atoms in total. The average molecular weight is 260 g/mol. The lowest BCUT2D eigenvalue weighted by atomic mass is 10.1. The fourth-order valence-electron chi connectivity index (χ4n) is 2.19. The van der Waals surface area contributed by atoms with Crippen molar-refractivity contribution in [3.05, 3.63) is 16.3 Å². The van der Waals surface area contributed by atoms with Crippen molar-refractivity contribution in [3.63, 3.8) is 0 Å². The summed E-state index contributed by atoms with van der Waals surface area (Å²) in [5.74, 6) is -2.38. The molecule has 18 heavy (non-hydrogen) atoms. The molecule has 1 aliphatic heterocycles. The van der Waals surface area contributed by atoms with Crippen LogP contribution in [0.4, 0.5) is 20.3 Å². The molecular formula is C10H14F2N4O2. The number of halogens is 2. The second-order valence-electron chi connectivity index (χ2n) is 4.43. The van der Waals surface area contributed by atoms with E-state index < -0.39 is 10.8 Å². The zero-order valence-corrected chi connectivity index (χ0v) is 9.97. The highest BCUT2D eigenvalue weighted by atomic mass is 19.3. The van der Waals surface area contributed by atoms with Gasteiger partial charge in [0.05, 0.1) is 4.92 Å². The molecule has 0 atom stereocenters. The quantitative estimate of drug-likeness (QED) is 0.602. The van der Waals surface area contributed by atoms with E-state index in [9.17, 15) is 18.9 Å². The van der Waals surface area contributed by atoms with E-state index in [1.54, 1.807) is 11.9 Å². The highest BCUT2D eigenvalue weighted by Gasteiger charge is 2.34. The van der Waals surface area contributed by atoms with E-state index in [2.05, 4.69) is 5.10 Å². The van der Waals surface area contributed by atoms with E-state index >= 15 is 0 Å². The summed E-state index contributed by atoms with van der Waals surface area (Å²) in [6.07, 6.45) is 1.01. The molecule has 2 heterocycles. The van der Waals surface area contributed by atoms with Gasteiger partial charge in [-0.25, -0.2) is 13.5 Å². The Morgan fingerprint density at radius 1 is 1.44 bits per heavy atom. The third-order valence-electron chi connectivity index (χ3n) is 3.10. The largest absolute Gasteiger partial charge is 0.351 e. The van der Waals surface area contributed by atoms with Gasteiger partial charge in [0.2, 0.25) is 11.7 Å². The van der Waals surface area contributed by atoms with Gasteiger partial charge in [0.15, 0.2) is 0 Å². The number of anilines is 1. The van der Waals surface area contributed by atoms with E-state index in [0.717, 1.165) is 6.20 Å². The minimum absolute atomic E-state index is 0.105. The maximum Gasteiger partial charge on any atom is 0.331 e. The van der Waals surface area contributed by atoms with Gasteiger partial charge in [-0.1, -0.05) is 0 Å². The van der Waals surface area contributed by atoms with Crippen molar-refractivity contribution in [3.8, 4) is 0 Å². The molecule has 1 aromatic heterocycles. The topological polar surface area (TPSA) is 64.2 Å². The van der Waals surface area contributed by atoms with Gasteiger partial charge in [-0.15, -0.1) is 0 Å². The smallest absolute Gasteiger partial charge is 0.331 e. The molecule has 0 saturated carbocycles. The Morgan fingerprint density at radius 2 is 2.17 bits per heavy atom. The highest BCUT2D eigenvalue weighted by molar-refractivity contribution is 5.57. The predicted octanol–water partition coefficient (Wildman–Crippen LogP) is 1.95. The van der Waals surface area contributed by atoms with Crippen LogP contribution < -0.4 is 4.90 Å². The molecule has 1 aromatic rings. The molecule has 0 spiro atoms. The molecule has 0 bridgehead atoms. The van der Waals surface area contributed by atoms with Crippen LogP contribution in [-0.4, -0.2) is 33.7 Å².